The first-order valence-corrected chi connectivity index (χ1v) is 6.83. The van der Waals surface area contributed by atoms with Gasteiger partial charge in [0.25, 0.3) is 0 Å². The summed E-state index contributed by atoms with van der Waals surface area (Å²) in [6.45, 7) is 2.08. The zero-order valence-electron chi connectivity index (χ0n) is 9.33. The SMILES string of the molecule is BrCC1CCCN(c2cncc3nnnn23)C1. The van der Waals surface area contributed by atoms with E-state index < -0.39 is 0 Å². The highest BCUT2D eigenvalue weighted by Crippen LogP contribution is 2.23. The third-order valence-electron chi connectivity index (χ3n) is 3.15. The van der Waals surface area contributed by atoms with Crippen molar-refractivity contribution in [3.8, 4) is 0 Å². The molecule has 0 N–H and O–H groups in total. The van der Waals surface area contributed by atoms with E-state index in [1.165, 1.54) is 12.8 Å². The summed E-state index contributed by atoms with van der Waals surface area (Å²) in [5.74, 6) is 1.67. The quantitative estimate of drug-likeness (QED) is 0.778. The number of halogens is 1. The van der Waals surface area contributed by atoms with E-state index in [2.05, 4.69) is 41.3 Å². The molecule has 0 amide bonds. The Kier molecular flexibility index (Phi) is 2.92. The Bertz CT molecular complexity index is 512. The van der Waals surface area contributed by atoms with Gasteiger partial charge in [-0.2, -0.15) is 4.52 Å². The summed E-state index contributed by atoms with van der Waals surface area (Å²) in [4.78, 5) is 6.51. The minimum absolute atomic E-state index is 0.690. The molecule has 17 heavy (non-hydrogen) atoms. The lowest BCUT2D eigenvalue weighted by Crippen LogP contribution is -2.37. The predicted molar refractivity (Wildman–Crippen MR) is 67.3 cm³/mol. The van der Waals surface area contributed by atoms with E-state index in [9.17, 15) is 0 Å². The van der Waals surface area contributed by atoms with Crippen LogP contribution in [0.1, 0.15) is 12.8 Å². The average molecular weight is 297 g/mol. The summed E-state index contributed by atoms with van der Waals surface area (Å²) in [5.41, 5.74) is 0.698. The number of hydrogen-bond donors (Lipinski definition) is 0. The molecule has 0 saturated carbocycles. The molecular weight excluding hydrogens is 284 g/mol. The molecule has 1 unspecified atom stereocenters. The van der Waals surface area contributed by atoms with Crippen molar-refractivity contribution < 1.29 is 0 Å². The first kappa shape index (κ1) is 10.9. The summed E-state index contributed by atoms with van der Waals surface area (Å²) < 4.78 is 1.75. The van der Waals surface area contributed by atoms with E-state index in [1.54, 1.807) is 10.7 Å². The van der Waals surface area contributed by atoms with E-state index in [0.717, 1.165) is 24.2 Å². The Morgan fingerprint density at radius 3 is 3.24 bits per heavy atom. The number of anilines is 1. The summed E-state index contributed by atoms with van der Waals surface area (Å²) in [6, 6.07) is 0. The van der Waals surface area contributed by atoms with Crippen LogP contribution in [0.2, 0.25) is 0 Å². The molecule has 1 aliphatic heterocycles. The Morgan fingerprint density at radius 2 is 2.35 bits per heavy atom. The number of rotatable bonds is 2. The summed E-state index contributed by atoms with van der Waals surface area (Å²) in [6.07, 6.45) is 5.99. The molecule has 2 aromatic rings. The number of piperidine rings is 1. The van der Waals surface area contributed by atoms with Crippen molar-refractivity contribution in [2.45, 2.75) is 12.8 Å². The van der Waals surface area contributed by atoms with Crippen LogP contribution in [0.4, 0.5) is 5.82 Å². The Balaban J connectivity index is 1.94. The van der Waals surface area contributed by atoms with Crippen molar-refractivity contribution in [2.24, 2.45) is 5.92 Å². The second kappa shape index (κ2) is 4.56. The van der Waals surface area contributed by atoms with E-state index in [4.69, 9.17) is 0 Å². The molecule has 1 atom stereocenters. The number of hydrogen-bond acceptors (Lipinski definition) is 5. The van der Waals surface area contributed by atoms with Gasteiger partial charge in [0.15, 0.2) is 11.5 Å². The Labute approximate surface area is 107 Å². The normalized spacial score (nSPS) is 21.0. The molecule has 1 fully saturated rings. The van der Waals surface area contributed by atoms with Crippen LogP contribution in [-0.4, -0.2) is 43.4 Å². The third-order valence-corrected chi connectivity index (χ3v) is 4.07. The van der Waals surface area contributed by atoms with Crippen molar-refractivity contribution >= 4 is 27.4 Å². The van der Waals surface area contributed by atoms with Gasteiger partial charge in [-0.15, -0.1) is 5.10 Å². The zero-order valence-corrected chi connectivity index (χ0v) is 10.9. The van der Waals surface area contributed by atoms with Gasteiger partial charge in [-0.3, -0.25) is 4.98 Å². The second-order valence-electron chi connectivity index (χ2n) is 4.32. The van der Waals surface area contributed by atoms with Gasteiger partial charge in [-0.25, -0.2) is 0 Å². The molecule has 0 aliphatic carbocycles. The lowest BCUT2D eigenvalue weighted by atomic mass is 10.0. The highest BCUT2D eigenvalue weighted by molar-refractivity contribution is 9.09. The molecule has 0 radical (unpaired) electrons. The summed E-state index contributed by atoms with van der Waals surface area (Å²) in [7, 11) is 0. The molecule has 7 heteroatoms. The zero-order chi connectivity index (χ0) is 11.7. The highest BCUT2D eigenvalue weighted by atomic mass is 79.9. The lowest BCUT2D eigenvalue weighted by molar-refractivity contribution is 0.450. The third kappa shape index (κ3) is 1.99. The molecule has 0 aromatic carbocycles. The van der Waals surface area contributed by atoms with Gasteiger partial charge in [0.05, 0.1) is 12.4 Å². The second-order valence-corrected chi connectivity index (χ2v) is 4.97. The van der Waals surface area contributed by atoms with Crippen LogP contribution in [0.15, 0.2) is 12.4 Å². The van der Waals surface area contributed by atoms with Gasteiger partial charge in [0.2, 0.25) is 0 Å². The molecule has 1 saturated heterocycles. The maximum Gasteiger partial charge on any atom is 0.199 e. The van der Waals surface area contributed by atoms with Crippen LogP contribution < -0.4 is 4.90 Å². The molecule has 3 rings (SSSR count). The number of fused-ring (bicyclic) bond motifs is 1. The van der Waals surface area contributed by atoms with E-state index in [1.807, 2.05) is 6.20 Å². The smallest absolute Gasteiger partial charge is 0.199 e. The Hall–Kier alpha value is -1.24. The van der Waals surface area contributed by atoms with E-state index in [0.29, 0.717) is 11.6 Å². The largest absolute Gasteiger partial charge is 0.355 e. The Morgan fingerprint density at radius 1 is 1.41 bits per heavy atom. The van der Waals surface area contributed by atoms with Gasteiger partial charge < -0.3 is 4.90 Å². The lowest BCUT2D eigenvalue weighted by Gasteiger charge is -2.32. The fourth-order valence-electron chi connectivity index (χ4n) is 2.28. The van der Waals surface area contributed by atoms with Crippen LogP contribution in [0, 0.1) is 5.92 Å². The van der Waals surface area contributed by atoms with Gasteiger partial charge in [0, 0.05) is 18.4 Å². The fourth-order valence-corrected chi connectivity index (χ4v) is 2.81. The van der Waals surface area contributed by atoms with Crippen molar-refractivity contribution in [3.63, 3.8) is 0 Å². The van der Waals surface area contributed by atoms with Gasteiger partial charge in [-0.05, 0) is 29.2 Å². The maximum absolute atomic E-state index is 4.19. The van der Waals surface area contributed by atoms with Crippen LogP contribution in [-0.2, 0) is 0 Å². The highest BCUT2D eigenvalue weighted by Gasteiger charge is 2.21. The molecule has 0 spiro atoms. The predicted octanol–water partition coefficient (Wildman–Crippen LogP) is 1.13. The van der Waals surface area contributed by atoms with Crippen LogP contribution in [0.3, 0.4) is 0 Å². The molecular formula is C10H13BrN6. The van der Waals surface area contributed by atoms with Crippen molar-refractivity contribution in [3.05, 3.63) is 12.4 Å². The van der Waals surface area contributed by atoms with Crippen molar-refractivity contribution in [1.29, 1.82) is 0 Å². The van der Waals surface area contributed by atoms with Crippen LogP contribution in [0.5, 0.6) is 0 Å². The monoisotopic (exact) mass is 296 g/mol. The van der Waals surface area contributed by atoms with Crippen LogP contribution >= 0.6 is 15.9 Å². The number of tetrazole rings is 1. The summed E-state index contributed by atoms with van der Waals surface area (Å²) >= 11 is 3.56. The molecule has 2 aromatic heterocycles. The number of aromatic nitrogens is 5. The van der Waals surface area contributed by atoms with E-state index in [-0.39, 0.29) is 0 Å². The van der Waals surface area contributed by atoms with Crippen molar-refractivity contribution in [1.82, 2.24) is 25.0 Å². The first-order valence-electron chi connectivity index (χ1n) is 5.71. The van der Waals surface area contributed by atoms with E-state index >= 15 is 0 Å². The molecule has 0 bridgehead atoms. The maximum atomic E-state index is 4.19. The van der Waals surface area contributed by atoms with Gasteiger partial charge >= 0.3 is 0 Å². The fraction of sp³-hybridized carbons (Fsp3) is 0.600. The molecule has 90 valence electrons. The van der Waals surface area contributed by atoms with Gasteiger partial charge in [0.1, 0.15) is 0 Å². The van der Waals surface area contributed by atoms with Gasteiger partial charge in [-0.1, -0.05) is 15.9 Å². The first-order chi connectivity index (χ1) is 8.38. The molecule has 6 nitrogen and oxygen atoms in total. The number of nitrogens with zero attached hydrogens (tertiary/aromatic N) is 6. The molecule has 1 aliphatic rings. The number of alkyl halides is 1. The molecule has 3 heterocycles. The van der Waals surface area contributed by atoms with Crippen molar-refractivity contribution in [2.75, 3.05) is 23.3 Å². The minimum atomic E-state index is 0.690. The topological polar surface area (TPSA) is 59.2 Å². The summed E-state index contributed by atoms with van der Waals surface area (Å²) in [5, 5.41) is 12.7. The standard InChI is InChI=1S/C10H13BrN6/c11-4-8-2-1-3-16(7-8)10-6-12-5-9-13-14-15-17(9)10/h5-6,8H,1-4,7H2. The minimum Gasteiger partial charge on any atom is -0.355 e. The van der Waals surface area contributed by atoms with Crippen LogP contribution in [0.25, 0.3) is 5.65 Å². The average Bonchev–Trinajstić information content (AvgIpc) is 2.87.